The van der Waals surface area contributed by atoms with Crippen LogP contribution in [-0.4, -0.2) is 30.7 Å². The van der Waals surface area contributed by atoms with E-state index in [-0.39, 0.29) is 10.6 Å². The molecule has 0 saturated heterocycles. The van der Waals surface area contributed by atoms with E-state index < -0.39 is 5.97 Å². The van der Waals surface area contributed by atoms with Crippen molar-refractivity contribution in [2.75, 3.05) is 0 Å². The summed E-state index contributed by atoms with van der Waals surface area (Å²) in [5.41, 5.74) is 1.33. The molecule has 0 bridgehead atoms. The number of carbonyl (C=O) groups is 1. The lowest BCUT2D eigenvalue weighted by molar-refractivity contribution is 0.0699. The third kappa shape index (κ3) is 1.92. The van der Waals surface area contributed by atoms with Gasteiger partial charge < -0.3 is 10.2 Å². The normalized spacial score (nSPS) is 11.0. The molecule has 0 radical (unpaired) electrons. The first kappa shape index (κ1) is 11.9. The molecule has 0 aromatic carbocycles. The molecule has 0 atom stereocenters. The highest BCUT2D eigenvalue weighted by Gasteiger charge is 2.17. The number of carboxylic acid groups (broad SMARTS) is 1. The first-order valence-corrected chi connectivity index (χ1v) is 6.31. The number of carboxylic acids is 1. The summed E-state index contributed by atoms with van der Waals surface area (Å²) in [5.74, 6) is -1.43. The van der Waals surface area contributed by atoms with Gasteiger partial charge in [0.05, 0.1) is 17.2 Å². The van der Waals surface area contributed by atoms with Crippen LogP contribution in [0.1, 0.15) is 9.67 Å². The number of pyridine rings is 1. The predicted octanol–water partition coefficient (Wildman–Crippen LogP) is 2.54. The lowest BCUT2D eigenvalue weighted by Gasteiger charge is -1.98. The SMILES string of the molecule is O=C(O)c1sc(-n2cnc3cc(Cl)ncc32)cc1O. The molecule has 3 aromatic rings. The number of nitrogens with zero attached hydrogens (tertiary/aromatic N) is 3. The lowest BCUT2D eigenvalue weighted by atomic mass is 10.4. The molecule has 0 aliphatic carbocycles. The summed E-state index contributed by atoms with van der Waals surface area (Å²) < 4.78 is 1.65. The monoisotopic (exact) mass is 295 g/mol. The topological polar surface area (TPSA) is 88.2 Å². The van der Waals surface area contributed by atoms with Crippen molar-refractivity contribution < 1.29 is 15.0 Å². The Morgan fingerprint density at radius 3 is 2.84 bits per heavy atom. The zero-order valence-corrected chi connectivity index (χ0v) is 10.8. The minimum absolute atomic E-state index is 0.112. The van der Waals surface area contributed by atoms with E-state index in [9.17, 15) is 9.90 Å². The van der Waals surface area contributed by atoms with Gasteiger partial charge in [0.1, 0.15) is 22.2 Å². The zero-order chi connectivity index (χ0) is 13.6. The first-order valence-electron chi connectivity index (χ1n) is 5.11. The Morgan fingerprint density at radius 1 is 1.37 bits per heavy atom. The van der Waals surface area contributed by atoms with Crippen molar-refractivity contribution >= 4 is 39.9 Å². The fraction of sp³-hybridized carbons (Fsp3) is 0. The predicted molar refractivity (Wildman–Crippen MR) is 70.4 cm³/mol. The van der Waals surface area contributed by atoms with E-state index >= 15 is 0 Å². The van der Waals surface area contributed by atoms with E-state index in [0.29, 0.717) is 21.2 Å². The molecule has 2 N–H and O–H groups in total. The number of aromatic nitrogens is 3. The van der Waals surface area contributed by atoms with Gasteiger partial charge in [0.2, 0.25) is 0 Å². The Kier molecular flexibility index (Phi) is 2.65. The van der Waals surface area contributed by atoms with E-state index in [1.54, 1.807) is 16.8 Å². The maximum atomic E-state index is 10.9. The Morgan fingerprint density at radius 2 is 2.16 bits per heavy atom. The Labute approximate surface area is 115 Å². The van der Waals surface area contributed by atoms with Crippen LogP contribution < -0.4 is 0 Å². The average molecular weight is 296 g/mol. The van der Waals surface area contributed by atoms with Gasteiger partial charge in [-0.1, -0.05) is 11.6 Å². The zero-order valence-electron chi connectivity index (χ0n) is 9.24. The van der Waals surface area contributed by atoms with Crippen LogP contribution >= 0.6 is 22.9 Å². The van der Waals surface area contributed by atoms with Crippen LogP contribution in [0.15, 0.2) is 24.7 Å². The molecule has 6 nitrogen and oxygen atoms in total. The van der Waals surface area contributed by atoms with Gasteiger partial charge in [0, 0.05) is 12.1 Å². The number of aromatic carboxylic acids is 1. The molecule has 0 unspecified atom stereocenters. The average Bonchev–Trinajstić information content (AvgIpc) is 2.91. The lowest BCUT2D eigenvalue weighted by Crippen LogP contribution is -1.91. The molecule has 8 heteroatoms. The molecule has 0 amide bonds. The van der Waals surface area contributed by atoms with Gasteiger partial charge in [-0.05, 0) is 0 Å². The summed E-state index contributed by atoms with van der Waals surface area (Å²) in [6.07, 6.45) is 3.07. The maximum absolute atomic E-state index is 10.9. The Hall–Kier alpha value is -2.12. The minimum atomic E-state index is -1.17. The molecule has 0 spiro atoms. The van der Waals surface area contributed by atoms with E-state index in [2.05, 4.69) is 9.97 Å². The second kappa shape index (κ2) is 4.22. The summed E-state index contributed by atoms with van der Waals surface area (Å²) in [4.78, 5) is 18.9. The van der Waals surface area contributed by atoms with Gasteiger partial charge in [-0.15, -0.1) is 11.3 Å². The van der Waals surface area contributed by atoms with E-state index in [1.165, 1.54) is 12.4 Å². The highest BCUT2D eigenvalue weighted by atomic mass is 35.5. The minimum Gasteiger partial charge on any atom is -0.506 e. The van der Waals surface area contributed by atoms with Crippen molar-refractivity contribution in [1.29, 1.82) is 0 Å². The van der Waals surface area contributed by atoms with Crippen molar-refractivity contribution in [2.45, 2.75) is 0 Å². The molecular formula is C11H6ClN3O3S. The molecule has 3 aromatic heterocycles. The van der Waals surface area contributed by atoms with Crippen molar-refractivity contribution in [3.8, 4) is 10.8 Å². The summed E-state index contributed by atoms with van der Waals surface area (Å²) in [6.45, 7) is 0. The highest BCUT2D eigenvalue weighted by molar-refractivity contribution is 7.16. The summed E-state index contributed by atoms with van der Waals surface area (Å²) >= 11 is 6.73. The number of rotatable bonds is 2. The van der Waals surface area contributed by atoms with Crippen molar-refractivity contribution in [2.24, 2.45) is 0 Å². The van der Waals surface area contributed by atoms with Gasteiger partial charge >= 0.3 is 5.97 Å². The number of halogens is 1. The van der Waals surface area contributed by atoms with Crippen molar-refractivity contribution in [1.82, 2.24) is 14.5 Å². The second-order valence-corrected chi connectivity index (χ2v) is 5.13. The third-order valence-electron chi connectivity index (χ3n) is 2.53. The highest BCUT2D eigenvalue weighted by Crippen LogP contribution is 2.32. The van der Waals surface area contributed by atoms with Crippen molar-refractivity contribution in [3.63, 3.8) is 0 Å². The number of hydrogen-bond acceptors (Lipinski definition) is 5. The second-order valence-electron chi connectivity index (χ2n) is 3.71. The number of fused-ring (bicyclic) bond motifs is 1. The van der Waals surface area contributed by atoms with Crippen LogP contribution in [0.5, 0.6) is 5.75 Å². The van der Waals surface area contributed by atoms with Crippen LogP contribution in [0.25, 0.3) is 16.0 Å². The van der Waals surface area contributed by atoms with Crippen LogP contribution in [0, 0.1) is 0 Å². The molecule has 0 fully saturated rings. The third-order valence-corrected chi connectivity index (χ3v) is 3.85. The molecule has 0 aliphatic heterocycles. The van der Waals surface area contributed by atoms with Crippen molar-refractivity contribution in [3.05, 3.63) is 34.7 Å². The molecule has 0 aliphatic rings. The Bertz CT molecular complexity index is 796. The van der Waals surface area contributed by atoms with E-state index in [4.69, 9.17) is 16.7 Å². The molecule has 3 heterocycles. The van der Waals surface area contributed by atoms with Crippen LogP contribution in [0.3, 0.4) is 0 Å². The van der Waals surface area contributed by atoms with Gasteiger partial charge in [0.15, 0.2) is 4.88 Å². The summed E-state index contributed by atoms with van der Waals surface area (Å²) in [6, 6.07) is 2.99. The molecule has 19 heavy (non-hydrogen) atoms. The smallest absolute Gasteiger partial charge is 0.349 e. The summed E-state index contributed by atoms with van der Waals surface area (Å²) in [5, 5.41) is 19.4. The number of imidazole rings is 1. The van der Waals surface area contributed by atoms with Crippen LogP contribution in [0.4, 0.5) is 0 Å². The van der Waals surface area contributed by atoms with Gasteiger partial charge in [-0.25, -0.2) is 14.8 Å². The fourth-order valence-electron chi connectivity index (χ4n) is 1.70. The first-order chi connectivity index (χ1) is 9.06. The number of hydrogen-bond donors (Lipinski definition) is 2. The largest absolute Gasteiger partial charge is 0.506 e. The quantitative estimate of drug-likeness (QED) is 0.709. The number of aromatic hydroxyl groups is 1. The van der Waals surface area contributed by atoms with Gasteiger partial charge in [0.25, 0.3) is 0 Å². The molecular weight excluding hydrogens is 290 g/mol. The standard InChI is InChI=1S/C11H6ClN3O3S/c12-8-1-5-6(3-13-8)15(4-14-5)9-2-7(16)10(19-9)11(17)18/h1-4,16H,(H,17,18). The van der Waals surface area contributed by atoms with E-state index in [1.807, 2.05) is 0 Å². The maximum Gasteiger partial charge on any atom is 0.349 e. The number of thiophene rings is 1. The van der Waals surface area contributed by atoms with Crippen LogP contribution in [0.2, 0.25) is 5.15 Å². The Balaban J connectivity index is 2.19. The summed E-state index contributed by atoms with van der Waals surface area (Å²) in [7, 11) is 0. The molecule has 3 rings (SSSR count). The van der Waals surface area contributed by atoms with Crippen LogP contribution in [-0.2, 0) is 0 Å². The van der Waals surface area contributed by atoms with E-state index in [0.717, 1.165) is 11.3 Å². The molecule has 96 valence electrons. The fourth-order valence-corrected chi connectivity index (χ4v) is 2.73. The van der Waals surface area contributed by atoms with Gasteiger partial charge in [-0.2, -0.15) is 0 Å². The molecule has 0 saturated carbocycles. The van der Waals surface area contributed by atoms with Gasteiger partial charge in [-0.3, -0.25) is 4.57 Å².